The quantitative estimate of drug-likeness (QED) is 0.841. The molecule has 0 aromatic heterocycles. The van der Waals surface area contributed by atoms with Gasteiger partial charge >= 0.3 is 6.18 Å². The van der Waals surface area contributed by atoms with Crippen molar-refractivity contribution in [1.29, 1.82) is 0 Å². The molecule has 0 fully saturated rings. The van der Waals surface area contributed by atoms with E-state index in [0.29, 0.717) is 0 Å². The SMILES string of the molecule is COc1cc([C@H](O)C[C@H](N)C(F)(F)F)ccc1F.Cl. The Bertz CT molecular complexity index is 414. The summed E-state index contributed by atoms with van der Waals surface area (Å²) in [6.07, 6.45) is -6.71. The molecule has 19 heavy (non-hydrogen) atoms. The largest absolute Gasteiger partial charge is 0.494 e. The second-order valence-electron chi connectivity index (χ2n) is 3.79. The molecule has 3 nitrogen and oxygen atoms in total. The zero-order chi connectivity index (χ0) is 13.9. The summed E-state index contributed by atoms with van der Waals surface area (Å²) in [5, 5.41) is 9.61. The summed E-state index contributed by atoms with van der Waals surface area (Å²) in [5.41, 5.74) is 5.02. The lowest BCUT2D eigenvalue weighted by Crippen LogP contribution is -2.38. The highest BCUT2D eigenvalue weighted by Gasteiger charge is 2.38. The number of rotatable bonds is 4. The zero-order valence-electron chi connectivity index (χ0n) is 9.95. The lowest BCUT2D eigenvalue weighted by molar-refractivity contribution is -0.153. The van der Waals surface area contributed by atoms with Gasteiger partial charge in [-0.3, -0.25) is 0 Å². The van der Waals surface area contributed by atoms with Gasteiger partial charge in [0.25, 0.3) is 0 Å². The average molecular weight is 304 g/mol. The molecule has 0 saturated carbocycles. The van der Waals surface area contributed by atoms with E-state index in [-0.39, 0.29) is 23.7 Å². The number of alkyl halides is 3. The predicted octanol–water partition coefficient (Wildman–Crippen LogP) is 2.57. The van der Waals surface area contributed by atoms with Gasteiger partial charge in [-0.05, 0) is 17.7 Å². The summed E-state index contributed by atoms with van der Waals surface area (Å²) in [7, 11) is 1.22. The van der Waals surface area contributed by atoms with Gasteiger partial charge in [0.15, 0.2) is 11.6 Å². The lowest BCUT2D eigenvalue weighted by Gasteiger charge is -2.19. The number of halogens is 5. The Morgan fingerprint density at radius 2 is 1.95 bits per heavy atom. The highest BCUT2D eigenvalue weighted by molar-refractivity contribution is 5.85. The minimum atomic E-state index is -4.58. The van der Waals surface area contributed by atoms with Crippen molar-refractivity contribution < 1.29 is 27.4 Å². The summed E-state index contributed by atoms with van der Waals surface area (Å²) in [5.74, 6) is -0.805. The van der Waals surface area contributed by atoms with Crippen molar-refractivity contribution in [3.05, 3.63) is 29.6 Å². The van der Waals surface area contributed by atoms with Gasteiger partial charge in [0.1, 0.15) is 6.04 Å². The van der Waals surface area contributed by atoms with Crippen LogP contribution in [0.2, 0.25) is 0 Å². The number of aliphatic hydroxyl groups excluding tert-OH is 1. The molecule has 0 spiro atoms. The molecule has 0 unspecified atom stereocenters. The van der Waals surface area contributed by atoms with Crippen molar-refractivity contribution in [2.45, 2.75) is 24.7 Å². The topological polar surface area (TPSA) is 55.5 Å². The Morgan fingerprint density at radius 1 is 1.37 bits per heavy atom. The molecule has 1 rings (SSSR count). The van der Waals surface area contributed by atoms with Crippen molar-refractivity contribution >= 4 is 12.4 Å². The average Bonchev–Trinajstić information content (AvgIpc) is 2.28. The van der Waals surface area contributed by atoms with E-state index in [9.17, 15) is 22.7 Å². The van der Waals surface area contributed by atoms with Crippen LogP contribution in [-0.4, -0.2) is 24.4 Å². The third kappa shape index (κ3) is 4.85. The molecule has 2 atom stereocenters. The van der Waals surface area contributed by atoms with Gasteiger partial charge in [0.2, 0.25) is 0 Å². The van der Waals surface area contributed by atoms with Crippen LogP contribution in [0.1, 0.15) is 18.1 Å². The van der Waals surface area contributed by atoms with Crippen LogP contribution in [0.4, 0.5) is 17.6 Å². The van der Waals surface area contributed by atoms with Gasteiger partial charge in [-0.25, -0.2) is 4.39 Å². The first-order chi connectivity index (χ1) is 8.25. The molecule has 0 aliphatic heterocycles. The lowest BCUT2D eigenvalue weighted by atomic mass is 10.0. The van der Waals surface area contributed by atoms with E-state index in [4.69, 9.17) is 5.73 Å². The third-order valence-electron chi connectivity index (χ3n) is 2.46. The number of ether oxygens (including phenoxy) is 1. The first kappa shape index (κ1) is 17.9. The molecule has 0 heterocycles. The van der Waals surface area contributed by atoms with E-state index in [1.165, 1.54) is 13.2 Å². The molecule has 1 aromatic rings. The van der Waals surface area contributed by atoms with Gasteiger partial charge < -0.3 is 15.6 Å². The Kier molecular flexibility index (Phi) is 6.54. The van der Waals surface area contributed by atoms with E-state index in [0.717, 1.165) is 12.1 Å². The number of aliphatic hydroxyl groups is 1. The second kappa shape index (κ2) is 6.93. The van der Waals surface area contributed by atoms with E-state index in [2.05, 4.69) is 4.74 Å². The van der Waals surface area contributed by atoms with Crippen LogP contribution in [0.3, 0.4) is 0 Å². The second-order valence-corrected chi connectivity index (χ2v) is 3.79. The van der Waals surface area contributed by atoms with Crippen molar-refractivity contribution in [1.82, 2.24) is 0 Å². The monoisotopic (exact) mass is 303 g/mol. The highest BCUT2D eigenvalue weighted by Crippen LogP contribution is 2.29. The number of methoxy groups -OCH3 is 1. The van der Waals surface area contributed by atoms with Crippen molar-refractivity contribution in [3.63, 3.8) is 0 Å². The maximum absolute atomic E-state index is 13.1. The van der Waals surface area contributed by atoms with Gasteiger partial charge in [-0.2, -0.15) is 13.2 Å². The minimum Gasteiger partial charge on any atom is -0.494 e. The number of hydrogen-bond acceptors (Lipinski definition) is 3. The maximum atomic E-state index is 13.1. The van der Waals surface area contributed by atoms with E-state index in [1.807, 2.05) is 0 Å². The van der Waals surface area contributed by atoms with Crippen molar-refractivity contribution in [2.24, 2.45) is 5.73 Å². The maximum Gasteiger partial charge on any atom is 0.403 e. The van der Waals surface area contributed by atoms with Gasteiger partial charge in [0.05, 0.1) is 13.2 Å². The summed E-state index contributed by atoms with van der Waals surface area (Å²) in [6, 6.07) is 1.20. The first-order valence-corrected chi connectivity index (χ1v) is 5.09. The van der Waals surface area contributed by atoms with E-state index in [1.54, 1.807) is 0 Å². The zero-order valence-corrected chi connectivity index (χ0v) is 10.8. The van der Waals surface area contributed by atoms with Gasteiger partial charge in [0, 0.05) is 6.42 Å². The molecular formula is C11H14ClF4NO2. The number of benzene rings is 1. The summed E-state index contributed by atoms with van der Waals surface area (Å²) in [6.45, 7) is 0. The molecular weight excluding hydrogens is 290 g/mol. The Balaban J connectivity index is 0.00000324. The Morgan fingerprint density at radius 3 is 2.42 bits per heavy atom. The van der Waals surface area contributed by atoms with Crippen LogP contribution >= 0.6 is 12.4 Å². The van der Waals surface area contributed by atoms with Crippen LogP contribution in [-0.2, 0) is 0 Å². The van der Waals surface area contributed by atoms with Gasteiger partial charge in [-0.15, -0.1) is 12.4 Å². The normalized spacial score (nSPS) is 14.5. The first-order valence-electron chi connectivity index (χ1n) is 5.09. The smallest absolute Gasteiger partial charge is 0.403 e. The molecule has 1 aromatic carbocycles. The molecule has 3 N–H and O–H groups in total. The minimum absolute atomic E-state index is 0. The number of hydrogen-bond donors (Lipinski definition) is 2. The molecule has 0 radical (unpaired) electrons. The highest BCUT2D eigenvalue weighted by atomic mass is 35.5. The molecule has 8 heteroatoms. The Hall–Kier alpha value is -1.05. The van der Waals surface area contributed by atoms with Crippen molar-refractivity contribution in [3.8, 4) is 5.75 Å². The van der Waals surface area contributed by atoms with Crippen LogP contribution in [0.15, 0.2) is 18.2 Å². The van der Waals surface area contributed by atoms with Gasteiger partial charge in [-0.1, -0.05) is 6.07 Å². The molecule has 110 valence electrons. The standard InChI is InChI=1S/C11H13F4NO2.ClH/c1-18-9-4-6(2-3-7(9)12)8(17)5-10(16)11(13,14)15;/h2-4,8,10,17H,5,16H2,1H3;1H/t8-,10+;/m1./s1. The summed E-state index contributed by atoms with van der Waals surface area (Å²) in [4.78, 5) is 0. The van der Waals surface area contributed by atoms with Crippen LogP contribution < -0.4 is 10.5 Å². The van der Waals surface area contributed by atoms with E-state index >= 15 is 0 Å². The van der Waals surface area contributed by atoms with Crippen LogP contribution in [0, 0.1) is 5.82 Å². The predicted molar refractivity (Wildman–Crippen MR) is 63.8 cm³/mol. The molecule has 0 saturated heterocycles. The third-order valence-corrected chi connectivity index (χ3v) is 2.46. The summed E-state index contributed by atoms with van der Waals surface area (Å²) >= 11 is 0. The van der Waals surface area contributed by atoms with E-state index < -0.39 is 30.6 Å². The fourth-order valence-electron chi connectivity index (χ4n) is 1.39. The molecule has 0 bridgehead atoms. The fraction of sp³-hybridized carbons (Fsp3) is 0.455. The van der Waals surface area contributed by atoms with Crippen LogP contribution in [0.25, 0.3) is 0 Å². The Labute approximate surface area is 113 Å². The summed E-state index contributed by atoms with van der Waals surface area (Å²) < 4.78 is 54.4. The van der Waals surface area contributed by atoms with Crippen molar-refractivity contribution in [2.75, 3.05) is 7.11 Å². The molecule has 0 aliphatic rings. The fourth-order valence-corrected chi connectivity index (χ4v) is 1.39. The number of nitrogens with two attached hydrogens (primary N) is 1. The molecule has 0 aliphatic carbocycles. The molecule has 0 amide bonds. The van der Waals surface area contributed by atoms with Crippen LogP contribution in [0.5, 0.6) is 5.75 Å².